The van der Waals surface area contributed by atoms with Gasteiger partial charge in [0.15, 0.2) is 0 Å². The van der Waals surface area contributed by atoms with Crippen molar-refractivity contribution in [2.45, 2.75) is 56.7 Å². The van der Waals surface area contributed by atoms with Gasteiger partial charge in [0, 0.05) is 18.3 Å². The highest BCUT2D eigenvalue weighted by Crippen LogP contribution is 2.25. The number of carbonyl (C=O) groups excluding carboxylic acids is 3. The summed E-state index contributed by atoms with van der Waals surface area (Å²) in [6.07, 6.45) is 4.53. The molecule has 0 unspecified atom stereocenters. The lowest BCUT2D eigenvalue weighted by Crippen LogP contribution is -2.50. The molecular formula is C26H33N5O3. The fourth-order valence-corrected chi connectivity index (χ4v) is 4.63. The summed E-state index contributed by atoms with van der Waals surface area (Å²) in [4.78, 5) is 38.0. The lowest BCUT2D eigenvalue weighted by molar-refractivity contribution is -0.127. The van der Waals surface area contributed by atoms with Crippen LogP contribution in [0.1, 0.15) is 36.0 Å². The number of nitrogens with one attached hydrogen (secondary N) is 4. The van der Waals surface area contributed by atoms with Crippen LogP contribution >= 0.6 is 0 Å². The first kappa shape index (κ1) is 22.6. The molecule has 1 heterocycles. The van der Waals surface area contributed by atoms with E-state index < -0.39 is 18.0 Å². The third-order valence-electron chi connectivity index (χ3n) is 6.47. The van der Waals surface area contributed by atoms with Crippen molar-refractivity contribution in [1.29, 1.82) is 0 Å². The number of fused-ring (bicyclic) bond motifs is 1. The number of rotatable bonds is 9. The standard InChI is InChI=1S/C26H33N5O3/c27-15-24(32)29-21-14-23(28-16-21)26(34)31-22(12-9-17-5-2-1-3-6-17)25(33)30-20-11-10-18-7-4-8-19(18)13-20/h1-3,5-6,10-11,13,21-23,28H,4,7-9,12,14-16,27H2,(H,29,32)(H,30,33)(H,31,34)/t21-,22+,23+/m1/s1/i/hD. The second-order valence-corrected chi connectivity index (χ2v) is 9.00. The zero-order chi connectivity index (χ0) is 24.8. The SMILES string of the molecule is [2H]N1C[C@H](NC(=O)CN)C[C@H]1C(=O)N[C@@H](CCc1ccccc1)C(=O)Nc1ccc2c(c1)CCC2. The Balaban J connectivity index is 1.43. The van der Waals surface area contributed by atoms with Crippen LogP contribution in [0.5, 0.6) is 0 Å². The van der Waals surface area contributed by atoms with E-state index >= 15 is 0 Å². The van der Waals surface area contributed by atoms with E-state index in [-0.39, 0.29) is 30.9 Å². The lowest BCUT2D eigenvalue weighted by atomic mass is 10.0. The Morgan fingerprint density at radius 1 is 1.12 bits per heavy atom. The number of aryl methyl sites for hydroxylation is 3. The zero-order valence-corrected chi connectivity index (χ0v) is 19.3. The van der Waals surface area contributed by atoms with Crippen LogP contribution < -0.4 is 27.0 Å². The van der Waals surface area contributed by atoms with Gasteiger partial charge in [0.05, 0.1) is 12.6 Å². The van der Waals surface area contributed by atoms with E-state index in [9.17, 15) is 14.4 Å². The van der Waals surface area contributed by atoms with Crippen molar-refractivity contribution in [3.05, 3.63) is 65.2 Å². The summed E-state index contributed by atoms with van der Waals surface area (Å²) in [5.74, 6) is -1.000. The van der Waals surface area contributed by atoms with E-state index in [0.29, 0.717) is 19.3 Å². The smallest absolute Gasteiger partial charge is 0.246 e. The van der Waals surface area contributed by atoms with Crippen LogP contribution in [0.4, 0.5) is 5.69 Å². The molecule has 0 spiro atoms. The van der Waals surface area contributed by atoms with Crippen LogP contribution in [0, 0.1) is 0 Å². The summed E-state index contributed by atoms with van der Waals surface area (Å²) >= 11 is 0. The average Bonchev–Trinajstić information content (AvgIpc) is 3.47. The van der Waals surface area contributed by atoms with Gasteiger partial charge in [0.25, 0.3) is 0 Å². The summed E-state index contributed by atoms with van der Waals surface area (Å²) in [6, 6.07) is 13.9. The van der Waals surface area contributed by atoms with Gasteiger partial charge in [-0.05, 0) is 67.3 Å². The molecule has 3 amide bonds. The van der Waals surface area contributed by atoms with Crippen molar-refractivity contribution >= 4 is 23.4 Å². The van der Waals surface area contributed by atoms with Crippen LogP contribution in [-0.4, -0.2) is 48.9 Å². The first-order chi connectivity index (χ1) is 16.9. The van der Waals surface area contributed by atoms with Gasteiger partial charge < -0.3 is 27.0 Å². The number of hydrogen-bond acceptors (Lipinski definition) is 5. The molecule has 0 saturated carbocycles. The highest BCUT2D eigenvalue weighted by Gasteiger charge is 2.32. The van der Waals surface area contributed by atoms with Crippen LogP contribution in [0.15, 0.2) is 48.5 Å². The molecule has 34 heavy (non-hydrogen) atoms. The third-order valence-corrected chi connectivity index (χ3v) is 6.47. The maximum Gasteiger partial charge on any atom is 0.246 e. The summed E-state index contributed by atoms with van der Waals surface area (Å²) in [5, 5.41) is 9.73. The van der Waals surface area contributed by atoms with Gasteiger partial charge in [-0.15, -0.1) is 0 Å². The van der Waals surface area contributed by atoms with Crippen molar-refractivity contribution in [3.63, 3.8) is 0 Å². The normalized spacial score (nSPS) is 20.8. The molecule has 8 nitrogen and oxygen atoms in total. The van der Waals surface area contributed by atoms with Crippen LogP contribution in [-0.2, 0) is 33.6 Å². The van der Waals surface area contributed by atoms with E-state index in [1.165, 1.54) is 11.1 Å². The molecule has 1 aliphatic heterocycles. The van der Waals surface area contributed by atoms with Crippen LogP contribution in [0.3, 0.4) is 0 Å². The molecule has 6 N–H and O–H groups in total. The molecule has 1 saturated heterocycles. The highest BCUT2D eigenvalue weighted by molar-refractivity contribution is 5.98. The first-order valence-electron chi connectivity index (χ1n) is 12.4. The quantitative estimate of drug-likeness (QED) is 0.379. The van der Waals surface area contributed by atoms with E-state index in [1.807, 2.05) is 42.5 Å². The molecule has 0 bridgehead atoms. The number of carbonyl (C=O) groups is 3. The summed E-state index contributed by atoms with van der Waals surface area (Å²) < 4.78 is 8.18. The molecule has 2 aliphatic rings. The average molecular weight is 465 g/mol. The van der Waals surface area contributed by atoms with Gasteiger partial charge in [0.2, 0.25) is 17.7 Å². The summed E-state index contributed by atoms with van der Waals surface area (Å²) in [7, 11) is 0. The minimum Gasteiger partial charge on any atom is -0.351 e. The Labute approximate surface area is 201 Å². The molecule has 0 radical (unpaired) electrons. The predicted octanol–water partition coefficient (Wildman–Crippen LogP) is 1.04. The van der Waals surface area contributed by atoms with Gasteiger partial charge >= 0.3 is 0 Å². The van der Waals surface area contributed by atoms with E-state index in [4.69, 9.17) is 7.15 Å². The monoisotopic (exact) mass is 464 g/mol. The van der Waals surface area contributed by atoms with E-state index in [0.717, 1.165) is 35.8 Å². The molecule has 2 aromatic carbocycles. The molecule has 2 aromatic rings. The van der Waals surface area contributed by atoms with Crippen molar-refractivity contribution < 1.29 is 15.8 Å². The second-order valence-electron chi connectivity index (χ2n) is 9.00. The third kappa shape index (κ3) is 6.21. The molecular weight excluding hydrogens is 430 g/mol. The highest BCUT2D eigenvalue weighted by atomic mass is 16.2. The fraction of sp³-hybridized carbons (Fsp3) is 0.423. The molecule has 3 atom stereocenters. The maximum atomic E-state index is 13.3. The molecule has 1 aliphatic carbocycles. The minimum absolute atomic E-state index is 0.143. The maximum absolute atomic E-state index is 13.3. The largest absolute Gasteiger partial charge is 0.351 e. The second kappa shape index (κ2) is 11.3. The zero-order valence-electron chi connectivity index (χ0n) is 20.3. The Bertz CT molecular complexity index is 1060. The topological polar surface area (TPSA) is 125 Å². The first-order valence-corrected chi connectivity index (χ1v) is 11.9. The predicted molar refractivity (Wildman–Crippen MR) is 131 cm³/mol. The van der Waals surface area contributed by atoms with Gasteiger partial charge in [-0.25, -0.2) is 0 Å². The van der Waals surface area contributed by atoms with Gasteiger partial charge in [0.1, 0.15) is 7.45 Å². The van der Waals surface area contributed by atoms with Crippen LogP contribution in [0.25, 0.3) is 0 Å². The molecule has 4 rings (SSSR count). The Morgan fingerprint density at radius 3 is 2.71 bits per heavy atom. The summed E-state index contributed by atoms with van der Waals surface area (Å²) in [6.45, 7) is 0.0790. The van der Waals surface area contributed by atoms with E-state index in [1.54, 1.807) is 0 Å². The molecule has 180 valence electrons. The molecule has 0 aromatic heterocycles. The van der Waals surface area contributed by atoms with Gasteiger partial charge in [-0.2, -0.15) is 0 Å². The molecule has 8 heteroatoms. The lowest BCUT2D eigenvalue weighted by Gasteiger charge is -2.21. The van der Waals surface area contributed by atoms with Crippen molar-refractivity contribution in [2.24, 2.45) is 5.73 Å². The summed E-state index contributed by atoms with van der Waals surface area (Å²) in [5.41, 5.74) is 9.74. The number of hydrogen-bond donors (Lipinski definition) is 5. The van der Waals surface area contributed by atoms with Crippen LogP contribution in [0.2, 0.25) is 1.41 Å². The molecule has 1 fully saturated rings. The number of nitrogens with two attached hydrogens (primary N) is 1. The van der Waals surface area contributed by atoms with Crippen molar-refractivity contribution in [1.82, 2.24) is 15.9 Å². The van der Waals surface area contributed by atoms with Gasteiger partial charge in [-0.3, -0.25) is 14.4 Å². The van der Waals surface area contributed by atoms with Crippen molar-refractivity contribution in [2.75, 3.05) is 18.4 Å². The van der Waals surface area contributed by atoms with E-state index in [2.05, 4.69) is 22.0 Å². The minimum atomic E-state index is -0.762. The number of benzene rings is 2. The fourth-order valence-electron chi connectivity index (χ4n) is 4.63. The number of anilines is 1. The Morgan fingerprint density at radius 2 is 1.91 bits per heavy atom. The number of amides is 3. The Hall–Kier alpha value is -3.23. The Kier molecular flexibility index (Phi) is 7.47. The van der Waals surface area contributed by atoms with Crippen molar-refractivity contribution in [3.8, 4) is 0 Å². The van der Waals surface area contributed by atoms with Gasteiger partial charge in [-0.1, -0.05) is 36.4 Å².